The summed E-state index contributed by atoms with van der Waals surface area (Å²) in [6, 6.07) is 2.07. The SMILES string of the molecule is C=CCNc1nc(C)cc(N2CCCCCC2)n1. The highest BCUT2D eigenvalue weighted by Gasteiger charge is 2.12. The molecule has 2 rings (SSSR count). The molecule has 2 heterocycles. The van der Waals surface area contributed by atoms with Crippen LogP contribution in [0.1, 0.15) is 31.4 Å². The monoisotopic (exact) mass is 246 g/mol. The topological polar surface area (TPSA) is 41.1 Å². The van der Waals surface area contributed by atoms with Gasteiger partial charge in [-0.25, -0.2) is 4.98 Å². The summed E-state index contributed by atoms with van der Waals surface area (Å²) in [5, 5.41) is 3.16. The Hall–Kier alpha value is -1.58. The molecule has 0 amide bonds. The summed E-state index contributed by atoms with van der Waals surface area (Å²) in [5.41, 5.74) is 1.01. The minimum atomic E-state index is 0.697. The Morgan fingerprint density at radius 3 is 2.67 bits per heavy atom. The van der Waals surface area contributed by atoms with Crippen LogP contribution < -0.4 is 10.2 Å². The summed E-state index contributed by atoms with van der Waals surface area (Å²) in [5.74, 6) is 1.75. The Bertz CT molecular complexity index is 395. The molecule has 1 aliphatic rings. The molecule has 1 aromatic rings. The maximum absolute atomic E-state index is 4.59. The maximum atomic E-state index is 4.59. The zero-order valence-corrected chi connectivity index (χ0v) is 11.2. The Morgan fingerprint density at radius 1 is 1.28 bits per heavy atom. The molecule has 0 aliphatic carbocycles. The lowest BCUT2D eigenvalue weighted by molar-refractivity contribution is 0.726. The van der Waals surface area contributed by atoms with Crippen molar-refractivity contribution in [2.75, 3.05) is 29.9 Å². The van der Waals surface area contributed by atoms with E-state index in [9.17, 15) is 0 Å². The van der Waals surface area contributed by atoms with Gasteiger partial charge in [0.1, 0.15) is 5.82 Å². The molecular formula is C14H22N4. The van der Waals surface area contributed by atoms with Gasteiger partial charge in [-0.2, -0.15) is 4.98 Å². The number of hydrogen-bond donors (Lipinski definition) is 1. The fourth-order valence-electron chi connectivity index (χ4n) is 2.26. The first-order chi connectivity index (χ1) is 8.79. The fraction of sp³-hybridized carbons (Fsp3) is 0.571. The highest BCUT2D eigenvalue weighted by molar-refractivity contribution is 5.45. The molecule has 4 nitrogen and oxygen atoms in total. The summed E-state index contributed by atoms with van der Waals surface area (Å²) in [6.07, 6.45) is 7.01. The van der Waals surface area contributed by atoms with Crippen molar-refractivity contribution in [3.05, 3.63) is 24.4 Å². The van der Waals surface area contributed by atoms with Gasteiger partial charge in [0, 0.05) is 31.4 Å². The summed E-state index contributed by atoms with van der Waals surface area (Å²) in [4.78, 5) is 11.4. The second-order valence-corrected chi connectivity index (χ2v) is 4.76. The van der Waals surface area contributed by atoms with Crippen LogP contribution in [-0.4, -0.2) is 29.6 Å². The third-order valence-corrected chi connectivity index (χ3v) is 3.18. The quantitative estimate of drug-likeness (QED) is 0.829. The minimum absolute atomic E-state index is 0.697. The standard InChI is InChI=1S/C14H22N4/c1-3-8-15-14-16-12(2)11-13(17-14)18-9-6-4-5-7-10-18/h3,11H,1,4-10H2,2H3,(H,15,16,17). The van der Waals surface area contributed by atoms with Gasteiger partial charge in [0.05, 0.1) is 0 Å². The number of anilines is 2. The highest BCUT2D eigenvalue weighted by atomic mass is 15.2. The minimum Gasteiger partial charge on any atom is -0.356 e. The summed E-state index contributed by atoms with van der Waals surface area (Å²) in [7, 11) is 0. The van der Waals surface area contributed by atoms with Gasteiger partial charge in [0.25, 0.3) is 0 Å². The third-order valence-electron chi connectivity index (χ3n) is 3.18. The smallest absolute Gasteiger partial charge is 0.225 e. The van der Waals surface area contributed by atoms with E-state index in [-0.39, 0.29) is 0 Å². The largest absolute Gasteiger partial charge is 0.356 e. The van der Waals surface area contributed by atoms with E-state index < -0.39 is 0 Å². The fourth-order valence-corrected chi connectivity index (χ4v) is 2.26. The van der Waals surface area contributed by atoms with E-state index in [1.165, 1.54) is 25.7 Å². The van der Waals surface area contributed by atoms with Crippen LogP contribution in [0.2, 0.25) is 0 Å². The van der Waals surface area contributed by atoms with Crippen LogP contribution in [0.15, 0.2) is 18.7 Å². The van der Waals surface area contributed by atoms with Crippen LogP contribution in [-0.2, 0) is 0 Å². The van der Waals surface area contributed by atoms with Crippen LogP contribution in [0.4, 0.5) is 11.8 Å². The Labute approximate surface area is 109 Å². The first kappa shape index (κ1) is 12.9. The summed E-state index contributed by atoms with van der Waals surface area (Å²) >= 11 is 0. The zero-order chi connectivity index (χ0) is 12.8. The molecule has 0 spiro atoms. The zero-order valence-electron chi connectivity index (χ0n) is 11.2. The van der Waals surface area contributed by atoms with Crippen LogP contribution in [0.25, 0.3) is 0 Å². The predicted octanol–water partition coefficient (Wildman–Crippen LogP) is 2.76. The first-order valence-electron chi connectivity index (χ1n) is 6.75. The van der Waals surface area contributed by atoms with Crippen LogP contribution in [0, 0.1) is 6.92 Å². The first-order valence-corrected chi connectivity index (χ1v) is 6.75. The molecular weight excluding hydrogens is 224 g/mol. The lowest BCUT2D eigenvalue weighted by atomic mass is 10.2. The van der Waals surface area contributed by atoms with Crippen LogP contribution in [0.3, 0.4) is 0 Å². The van der Waals surface area contributed by atoms with Crippen molar-refractivity contribution < 1.29 is 0 Å². The predicted molar refractivity (Wildman–Crippen MR) is 76.1 cm³/mol. The second kappa shape index (κ2) is 6.38. The molecule has 18 heavy (non-hydrogen) atoms. The van der Waals surface area contributed by atoms with Gasteiger partial charge in [-0.15, -0.1) is 6.58 Å². The molecule has 0 aromatic carbocycles. The Balaban J connectivity index is 2.14. The number of rotatable bonds is 4. The summed E-state index contributed by atoms with van der Waals surface area (Å²) in [6.45, 7) is 8.62. The van der Waals surface area contributed by atoms with E-state index in [1.54, 1.807) is 0 Å². The van der Waals surface area contributed by atoms with Crippen molar-refractivity contribution in [1.29, 1.82) is 0 Å². The van der Waals surface area contributed by atoms with Gasteiger partial charge in [-0.3, -0.25) is 0 Å². The van der Waals surface area contributed by atoms with E-state index in [4.69, 9.17) is 0 Å². The van der Waals surface area contributed by atoms with Crippen molar-refractivity contribution in [1.82, 2.24) is 9.97 Å². The van der Waals surface area contributed by atoms with Crippen molar-refractivity contribution >= 4 is 11.8 Å². The van der Waals surface area contributed by atoms with E-state index in [2.05, 4.69) is 32.8 Å². The molecule has 4 heteroatoms. The van der Waals surface area contributed by atoms with Crippen molar-refractivity contribution in [2.45, 2.75) is 32.6 Å². The molecule has 0 bridgehead atoms. The van der Waals surface area contributed by atoms with Gasteiger partial charge in [0.2, 0.25) is 5.95 Å². The number of nitrogens with zero attached hydrogens (tertiary/aromatic N) is 3. The lowest BCUT2D eigenvalue weighted by Gasteiger charge is -2.22. The molecule has 1 fully saturated rings. The number of nitrogens with one attached hydrogen (secondary N) is 1. The molecule has 1 aromatic heterocycles. The molecule has 0 radical (unpaired) electrons. The van der Waals surface area contributed by atoms with E-state index in [0.717, 1.165) is 24.6 Å². The third kappa shape index (κ3) is 3.45. The molecule has 0 atom stereocenters. The van der Waals surface area contributed by atoms with Gasteiger partial charge < -0.3 is 10.2 Å². The van der Waals surface area contributed by atoms with Crippen LogP contribution >= 0.6 is 0 Å². The molecule has 1 aliphatic heterocycles. The van der Waals surface area contributed by atoms with Gasteiger partial charge in [-0.05, 0) is 19.8 Å². The Morgan fingerprint density at radius 2 is 2.00 bits per heavy atom. The molecule has 1 N–H and O–H groups in total. The summed E-state index contributed by atoms with van der Waals surface area (Å²) < 4.78 is 0. The van der Waals surface area contributed by atoms with Gasteiger partial charge in [-0.1, -0.05) is 18.9 Å². The molecule has 0 unspecified atom stereocenters. The van der Waals surface area contributed by atoms with Crippen molar-refractivity contribution in [3.63, 3.8) is 0 Å². The van der Waals surface area contributed by atoms with Crippen molar-refractivity contribution in [3.8, 4) is 0 Å². The molecule has 1 saturated heterocycles. The number of aromatic nitrogens is 2. The average molecular weight is 246 g/mol. The molecule has 98 valence electrons. The average Bonchev–Trinajstić information content (AvgIpc) is 2.64. The van der Waals surface area contributed by atoms with Crippen molar-refractivity contribution in [2.24, 2.45) is 0 Å². The van der Waals surface area contributed by atoms with Gasteiger partial charge >= 0.3 is 0 Å². The van der Waals surface area contributed by atoms with E-state index in [1.807, 2.05) is 13.0 Å². The number of hydrogen-bond acceptors (Lipinski definition) is 4. The normalized spacial score (nSPS) is 16.2. The second-order valence-electron chi connectivity index (χ2n) is 4.76. The van der Waals surface area contributed by atoms with Crippen LogP contribution in [0.5, 0.6) is 0 Å². The van der Waals surface area contributed by atoms with E-state index in [0.29, 0.717) is 12.5 Å². The van der Waals surface area contributed by atoms with E-state index >= 15 is 0 Å². The van der Waals surface area contributed by atoms with Gasteiger partial charge in [0.15, 0.2) is 0 Å². The maximum Gasteiger partial charge on any atom is 0.225 e. The highest BCUT2D eigenvalue weighted by Crippen LogP contribution is 2.19. The number of aryl methyl sites for hydroxylation is 1. The molecule has 0 saturated carbocycles. The lowest BCUT2D eigenvalue weighted by Crippen LogP contribution is -2.25. The Kier molecular flexibility index (Phi) is 4.56.